The van der Waals surface area contributed by atoms with E-state index in [4.69, 9.17) is 0 Å². The van der Waals surface area contributed by atoms with E-state index in [0.717, 1.165) is 27.8 Å². The molecule has 1 aromatic heterocycles. The van der Waals surface area contributed by atoms with Crippen molar-refractivity contribution in [3.63, 3.8) is 0 Å². The Morgan fingerprint density at radius 2 is 2.11 bits per heavy atom. The number of aromatic hydroxyl groups is 1. The molecule has 2 N–H and O–H groups in total. The molecule has 5 heteroatoms. The number of phenols is 1. The van der Waals surface area contributed by atoms with Crippen LogP contribution in [-0.4, -0.2) is 28.0 Å². The molecule has 0 saturated carbocycles. The Kier molecular flexibility index (Phi) is 3.23. The fraction of sp³-hybridized carbons (Fsp3) is 0.143. The van der Waals surface area contributed by atoms with E-state index in [1.807, 2.05) is 37.3 Å². The molecule has 0 fully saturated rings. The van der Waals surface area contributed by atoms with E-state index in [2.05, 4.69) is 13.3 Å². The Morgan fingerprint density at radius 3 is 3.00 bits per heavy atom. The first kappa shape index (κ1) is 12.2. The first-order valence-electron chi connectivity index (χ1n) is 5.98. The van der Waals surface area contributed by atoms with Crippen LogP contribution in [0, 0.1) is 6.92 Å². The molecule has 0 spiro atoms. The van der Waals surface area contributed by atoms with Gasteiger partial charge in [0.1, 0.15) is 0 Å². The number of anilines is 1. The molecule has 0 aliphatic rings. The fourth-order valence-corrected chi connectivity index (χ4v) is 3.15. The van der Waals surface area contributed by atoms with Gasteiger partial charge in [-0.1, -0.05) is 0 Å². The summed E-state index contributed by atoms with van der Waals surface area (Å²) in [6.07, 6.45) is 0. The summed E-state index contributed by atoms with van der Waals surface area (Å²) in [5, 5.41) is 13.2. The van der Waals surface area contributed by atoms with E-state index in [9.17, 15) is 5.11 Å². The monoisotopic (exact) mass is 319 g/mol. The molecule has 0 amide bonds. The third-order valence-corrected chi connectivity index (χ3v) is 4.13. The zero-order valence-corrected chi connectivity index (χ0v) is 12.1. The maximum atomic E-state index is 9.83. The first-order valence-corrected chi connectivity index (χ1v) is 7.51. The van der Waals surface area contributed by atoms with E-state index in [0.29, 0.717) is 12.3 Å². The third-order valence-electron chi connectivity index (χ3n) is 2.99. The summed E-state index contributed by atoms with van der Waals surface area (Å²) in [6, 6.07) is 11.5. The van der Waals surface area contributed by atoms with Crippen molar-refractivity contribution in [2.75, 3.05) is 5.32 Å². The Morgan fingerprint density at radius 1 is 1.21 bits per heavy atom. The van der Waals surface area contributed by atoms with Crippen molar-refractivity contribution in [1.29, 1.82) is 0 Å². The Hall–Kier alpha value is -1.84. The van der Waals surface area contributed by atoms with Gasteiger partial charge in [0.2, 0.25) is 0 Å². The standard InChI is InChI=1S/C14H13N3OSe/c1-9-5-6-13(18)10(7-9)8-15-11-3-2-4-12-14(11)17-19-16-12/h2-7,15,18H,8H2,1H3. The molecule has 0 radical (unpaired) electrons. The molecular formula is C14H13N3OSe. The maximum absolute atomic E-state index is 9.83. The summed E-state index contributed by atoms with van der Waals surface area (Å²) < 4.78 is 8.78. The van der Waals surface area contributed by atoms with Gasteiger partial charge >= 0.3 is 117 Å². The number of aryl methyl sites for hydroxylation is 1. The van der Waals surface area contributed by atoms with Gasteiger partial charge < -0.3 is 0 Å². The number of phenolic OH excluding ortho intramolecular Hbond substituents is 1. The van der Waals surface area contributed by atoms with Crippen LogP contribution in [0.1, 0.15) is 11.1 Å². The number of nitrogens with zero attached hydrogens (tertiary/aromatic N) is 2. The van der Waals surface area contributed by atoms with Gasteiger partial charge in [-0.2, -0.15) is 0 Å². The third kappa shape index (κ3) is 2.48. The Labute approximate surface area is 117 Å². The average molecular weight is 318 g/mol. The zero-order valence-electron chi connectivity index (χ0n) is 10.4. The van der Waals surface area contributed by atoms with Crippen LogP contribution < -0.4 is 5.32 Å². The predicted molar refractivity (Wildman–Crippen MR) is 76.6 cm³/mol. The molecule has 0 saturated heterocycles. The molecule has 3 rings (SSSR count). The summed E-state index contributed by atoms with van der Waals surface area (Å²) >= 11 is -0.0222. The van der Waals surface area contributed by atoms with Gasteiger partial charge in [-0.05, 0) is 0 Å². The van der Waals surface area contributed by atoms with Crippen molar-refractivity contribution >= 4 is 31.7 Å². The number of hydrogen-bond acceptors (Lipinski definition) is 4. The average Bonchev–Trinajstić information content (AvgIpc) is 2.88. The summed E-state index contributed by atoms with van der Waals surface area (Å²) in [7, 11) is 0. The van der Waals surface area contributed by atoms with Gasteiger partial charge in [-0.15, -0.1) is 0 Å². The van der Waals surface area contributed by atoms with Gasteiger partial charge in [-0.3, -0.25) is 0 Å². The van der Waals surface area contributed by atoms with Crippen LogP contribution in [0.2, 0.25) is 0 Å². The van der Waals surface area contributed by atoms with Crippen LogP contribution in [0.15, 0.2) is 36.4 Å². The van der Waals surface area contributed by atoms with Crippen LogP contribution in [0.4, 0.5) is 5.69 Å². The quantitative estimate of drug-likeness (QED) is 0.728. The number of fused-ring (bicyclic) bond motifs is 1. The molecule has 3 aromatic rings. The van der Waals surface area contributed by atoms with E-state index >= 15 is 0 Å². The number of rotatable bonds is 3. The normalized spacial score (nSPS) is 10.8. The topological polar surface area (TPSA) is 58.0 Å². The van der Waals surface area contributed by atoms with E-state index in [1.165, 1.54) is 0 Å². The van der Waals surface area contributed by atoms with E-state index in [1.54, 1.807) is 6.07 Å². The van der Waals surface area contributed by atoms with E-state index in [-0.39, 0.29) is 15.0 Å². The second-order valence-electron chi connectivity index (χ2n) is 4.42. The van der Waals surface area contributed by atoms with Gasteiger partial charge in [0.05, 0.1) is 0 Å². The summed E-state index contributed by atoms with van der Waals surface area (Å²) in [5.41, 5.74) is 4.89. The second-order valence-corrected chi connectivity index (χ2v) is 5.53. The Bertz CT molecular complexity index is 724. The number of aromatic nitrogens is 2. The number of nitrogens with one attached hydrogen (secondary N) is 1. The van der Waals surface area contributed by atoms with Gasteiger partial charge in [0, 0.05) is 0 Å². The first-order chi connectivity index (χ1) is 9.24. The summed E-state index contributed by atoms with van der Waals surface area (Å²) in [5.74, 6) is 0.316. The van der Waals surface area contributed by atoms with Gasteiger partial charge in [0.15, 0.2) is 0 Å². The van der Waals surface area contributed by atoms with Gasteiger partial charge in [-0.25, -0.2) is 0 Å². The summed E-state index contributed by atoms with van der Waals surface area (Å²) in [4.78, 5) is 0. The Balaban J connectivity index is 1.86. The zero-order chi connectivity index (χ0) is 13.2. The number of hydrogen-bond donors (Lipinski definition) is 2. The van der Waals surface area contributed by atoms with Crippen molar-refractivity contribution < 1.29 is 5.11 Å². The molecule has 0 atom stereocenters. The molecule has 1 heterocycles. The summed E-state index contributed by atoms with van der Waals surface area (Å²) in [6.45, 7) is 2.59. The molecular weight excluding hydrogens is 305 g/mol. The van der Waals surface area contributed by atoms with Crippen LogP contribution in [0.25, 0.3) is 11.0 Å². The van der Waals surface area contributed by atoms with Crippen molar-refractivity contribution in [2.45, 2.75) is 13.5 Å². The van der Waals surface area contributed by atoms with Crippen molar-refractivity contribution in [2.24, 2.45) is 0 Å². The molecule has 0 aliphatic heterocycles. The fourth-order valence-electron chi connectivity index (χ4n) is 2.00. The second kappa shape index (κ2) is 5.03. The molecule has 96 valence electrons. The predicted octanol–water partition coefficient (Wildman–Crippen LogP) is 2.31. The van der Waals surface area contributed by atoms with Crippen LogP contribution in [0.5, 0.6) is 5.75 Å². The van der Waals surface area contributed by atoms with Crippen molar-refractivity contribution in [1.82, 2.24) is 7.96 Å². The van der Waals surface area contributed by atoms with Crippen LogP contribution in [0.3, 0.4) is 0 Å². The minimum atomic E-state index is -0.0222. The van der Waals surface area contributed by atoms with Gasteiger partial charge in [0.25, 0.3) is 0 Å². The number of benzene rings is 2. The van der Waals surface area contributed by atoms with Crippen LogP contribution >= 0.6 is 0 Å². The molecule has 19 heavy (non-hydrogen) atoms. The minimum absolute atomic E-state index is 0.0222. The van der Waals surface area contributed by atoms with Crippen molar-refractivity contribution in [3.8, 4) is 5.75 Å². The van der Waals surface area contributed by atoms with E-state index < -0.39 is 0 Å². The molecule has 0 unspecified atom stereocenters. The molecule has 2 aromatic carbocycles. The van der Waals surface area contributed by atoms with Crippen LogP contribution in [-0.2, 0) is 6.54 Å². The van der Waals surface area contributed by atoms with Crippen molar-refractivity contribution in [3.05, 3.63) is 47.5 Å². The molecule has 4 nitrogen and oxygen atoms in total. The SMILES string of the molecule is Cc1ccc(O)c(CNc2cccc3n[se]nc23)c1. The molecule has 0 aliphatic carbocycles. The molecule has 0 bridgehead atoms.